The molecule has 0 amide bonds. The molecular formula is C18H12Cl3N5. The van der Waals surface area contributed by atoms with E-state index in [1.165, 1.54) is 0 Å². The minimum absolute atomic E-state index is 0.444. The van der Waals surface area contributed by atoms with Crippen LogP contribution >= 0.6 is 34.8 Å². The van der Waals surface area contributed by atoms with Crippen molar-refractivity contribution in [3.63, 3.8) is 0 Å². The number of nitrogens with one attached hydrogen (secondary N) is 1. The van der Waals surface area contributed by atoms with E-state index in [-0.39, 0.29) is 0 Å². The van der Waals surface area contributed by atoms with Crippen LogP contribution < -0.4 is 5.49 Å². The van der Waals surface area contributed by atoms with Crippen LogP contribution in [0.15, 0.2) is 60.1 Å². The summed E-state index contributed by atoms with van der Waals surface area (Å²) in [6.45, 7) is 0.444. The minimum Gasteiger partial charge on any atom is -0.340 e. The van der Waals surface area contributed by atoms with Gasteiger partial charge in [0, 0.05) is 15.6 Å². The normalized spacial score (nSPS) is 12.0. The van der Waals surface area contributed by atoms with E-state index in [1.54, 1.807) is 30.9 Å². The Kier molecular flexibility index (Phi) is 4.68. The van der Waals surface area contributed by atoms with Gasteiger partial charge in [0.2, 0.25) is 0 Å². The number of imidazole rings is 1. The number of para-hydroxylation sites is 1. The van der Waals surface area contributed by atoms with Crippen molar-refractivity contribution in [2.45, 2.75) is 6.54 Å². The van der Waals surface area contributed by atoms with Crippen LogP contribution in [0.5, 0.6) is 0 Å². The Labute approximate surface area is 163 Å². The van der Waals surface area contributed by atoms with Crippen LogP contribution in [-0.4, -0.2) is 19.5 Å². The van der Waals surface area contributed by atoms with Gasteiger partial charge in [0.25, 0.3) is 0 Å². The summed E-state index contributed by atoms with van der Waals surface area (Å²) in [5, 5.41) is 1.75. The van der Waals surface area contributed by atoms with Crippen LogP contribution in [0.25, 0.3) is 11.2 Å². The fraction of sp³-hybridized carbons (Fsp3) is 0.0556. The summed E-state index contributed by atoms with van der Waals surface area (Å²) < 4.78 is 1.87. The Morgan fingerprint density at radius 3 is 2.42 bits per heavy atom. The van der Waals surface area contributed by atoms with E-state index in [2.05, 4.69) is 19.9 Å². The lowest BCUT2D eigenvalue weighted by Crippen LogP contribution is -2.15. The van der Waals surface area contributed by atoms with Crippen LogP contribution in [0.4, 0.5) is 5.69 Å². The molecule has 2 aromatic heterocycles. The standard InChI is InChI=1S/C18H12Cl3N5/c19-12-5-3-6-13(20)11(12)8-26-10-24-17(16-18(26)23-9-22-16)25-15-7-2-1-4-14(15)21/h1-7,9-10H,8H2,(H,22,23). The molecular weight excluding hydrogens is 393 g/mol. The highest BCUT2D eigenvalue weighted by Crippen LogP contribution is 2.26. The first-order chi connectivity index (χ1) is 12.6. The van der Waals surface area contributed by atoms with Crippen LogP contribution in [-0.2, 0) is 6.54 Å². The summed E-state index contributed by atoms with van der Waals surface area (Å²) in [4.78, 5) is 16.5. The van der Waals surface area contributed by atoms with Gasteiger partial charge in [-0.2, -0.15) is 0 Å². The zero-order valence-electron chi connectivity index (χ0n) is 13.3. The number of halogens is 3. The third kappa shape index (κ3) is 3.21. The number of hydrogen-bond donors (Lipinski definition) is 1. The lowest BCUT2D eigenvalue weighted by Gasteiger charge is -2.10. The lowest BCUT2D eigenvalue weighted by atomic mass is 10.2. The molecule has 0 aliphatic heterocycles. The Morgan fingerprint density at radius 1 is 0.923 bits per heavy atom. The van der Waals surface area contributed by atoms with Gasteiger partial charge in [-0.3, -0.25) is 0 Å². The maximum Gasteiger partial charge on any atom is 0.181 e. The van der Waals surface area contributed by atoms with Crippen molar-refractivity contribution < 1.29 is 0 Å². The monoisotopic (exact) mass is 403 g/mol. The highest BCUT2D eigenvalue weighted by atomic mass is 35.5. The summed E-state index contributed by atoms with van der Waals surface area (Å²) in [6, 6.07) is 12.8. The van der Waals surface area contributed by atoms with Crippen LogP contribution in [0, 0.1) is 0 Å². The van der Waals surface area contributed by atoms with Crippen LogP contribution in [0.3, 0.4) is 0 Å². The number of benzene rings is 2. The molecule has 1 N–H and O–H groups in total. The highest BCUT2D eigenvalue weighted by Gasteiger charge is 2.11. The van der Waals surface area contributed by atoms with Crippen molar-refractivity contribution in [3.8, 4) is 0 Å². The van der Waals surface area contributed by atoms with Gasteiger partial charge in [0.1, 0.15) is 5.52 Å². The van der Waals surface area contributed by atoms with E-state index in [1.807, 2.05) is 28.8 Å². The van der Waals surface area contributed by atoms with Gasteiger partial charge in [-0.25, -0.2) is 15.0 Å². The maximum absolute atomic E-state index is 6.28. The van der Waals surface area contributed by atoms with Gasteiger partial charge in [-0.15, -0.1) is 0 Å². The van der Waals surface area contributed by atoms with Crippen molar-refractivity contribution in [1.82, 2.24) is 19.5 Å². The molecule has 0 aliphatic carbocycles. The SMILES string of the molecule is Clc1ccccc1N=c1ncn(Cc2c(Cl)cccc2Cl)c2nc[nH]c12. The van der Waals surface area contributed by atoms with Crippen molar-refractivity contribution in [3.05, 3.63) is 81.2 Å². The fourth-order valence-electron chi connectivity index (χ4n) is 2.62. The van der Waals surface area contributed by atoms with E-state index >= 15 is 0 Å². The van der Waals surface area contributed by atoms with Gasteiger partial charge in [0.15, 0.2) is 11.1 Å². The first kappa shape index (κ1) is 17.1. The molecule has 0 fully saturated rings. The second-order valence-corrected chi connectivity index (χ2v) is 6.78. The molecule has 0 bridgehead atoms. The summed E-state index contributed by atoms with van der Waals surface area (Å²) in [5.74, 6) is 0. The van der Waals surface area contributed by atoms with E-state index in [0.717, 1.165) is 5.56 Å². The number of aromatic amines is 1. The molecule has 0 saturated carbocycles. The van der Waals surface area contributed by atoms with E-state index in [0.29, 0.717) is 44.0 Å². The van der Waals surface area contributed by atoms with Crippen molar-refractivity contribution in [1.29, 1.82) is 0 Å². The summed E-state index contributed by atoms with van der Waals surface area (Å²) in [6.07, 6.45) is 3.27. The molecule has 2 heterocycles. The average molecular weight is 405 g/mol. The molecule has 130 valence electrons. The molecule has 2 aromatic carbocycles. The number of H-pyrrole nitrogens is 1. The molecule has 4 aromatic rings. The van der Waals surface area contributed by atoms with Crippen LogP contribution in [0.2, 0.25) is 15.1 Å². The Morgan fingerprint density at radius 2 is 1.65 bits per heavy atom. The molecule has 5 nitrogen and oxygen atoms in total. The zero-order chi connectivity index (χ0) is 18.1. The minimum atomic E-state index is 0.444. The molecule has 0 aliphatic rings. The molecule has 8 heteroatoms. The second-order valence-electron chi connectivity index (χ2n) is 5.56. The topological polar surface area (TPSA) is 58.9 Å². The number of aromatic nitrogens is 4. The van der Waals surface area contributed by atoms with Gasteiger partial charge >= 0.3 is 0 Å². The number of rotatable bonds is 3. The smallest absolute Gasteiger partial charge is 0.181 e. The molecule has 0 unspecified atom stereocenters. The van der Waals surface area contributed by atoms with Gasteiger partial charge in [-0.1, -0.05) is 53.0 Å². The number of nitrogens with zero attached hydrogens (tertiary/aromatic N) is 4. The van der Waals surface area contributed by atoms with Crippen molar-refractivity contribution in [2.75, 3.05) is 0 Å². The summed E-state index contributed by atoms with van der Waals surface area (Å²) in [7, 11) is 0. The molecule has 4 rings (SSSR count). The lowest BCUT2D eigenvalue weighted by molar-refractivity contribution is 0.786. The molecule has 26 heavy (non-hydrogen) atoms. The predicted molar refractivity (Wildman–Crippen MR) is 104 cm³/mol. The largest absolute Gasteiger partial charge is 0.340 e. The quantitative estimate of drug-likeness (QED) is 0.522. The first-order valence-corrected chi connectivity index (χ1v) is 8.87. The average Bonchev–Trinajstić information content (AvgIpc) is 3.12. The van der Waals surface area contributed by atoms with Gasteiger partial charge in [-0.05, 0) is 24.3 Å². The number of hydrogen-bond acceptors (Lipinski definition) is 3. The highest BCUT2D eigenvalue weighted by molar-refractivity contribution is 6.36. The van der Waals surface area contributed by atoms with Crippen molar-refractivity contribution >= 4 is 51.7 Å². The third-order valence-corrected chi connectivity index (χ3v) is 4.93. The van der Waals surface area contributed by atoms with Gasteiger partial charge in [0.05, 0.1) is 29.9 Å². The Balaban J connectivity index is 1.84. The third-order valence-electron chi connectivity index (χ3n) is 3.90. The Hall–Kier alpha value is -2.34. The maximum atomic E-state index is 6.28. The second kappa shape index (κ2) is 7.11. The van der Waals surface area contributed by atoms with Crippen LogP contribution in [0.1, 0.15) is 5.56 Å². The van der Waals surface area contributed by atoms with E-state index in [4.69, 9.17) is 34.8 Å². The first-order valence-electron chi connectivity index (χ1n) is 7.74. The van der Waals surface area contributed by atoms with E-state index in [9.17, 15) is 0 Å². The fourth-order valence-corrected chi connectivity index (χ4v) is 3.32. The number of fused-ring (bicyclic) bond motifs is 1. The zero-order valence-corrected chi connectivity index (χ0v) is 15.6. The molecule has 0 radical (unpaired) electrons. The van der Waals surface area contributed by atoms with Gasteiger partial charge < -0.3 is 9.55 Å². The van der Waals surface area contributed by atoms with E-state index < -0.39 is 0 Å². The summed E-state index contributed by atoms with van der Waals surface area (Å²) in [5.41, 5.74) is 3.36. The predicted octanol–water partition coefficient (Wildman–Crippen LogP) is 5.00. The molecule has 0 saturated heterocycles. The summed E-state index contributed by atoms with van der Waals surface area (Å²) >= 11 is 18.8. The van der Waals surface area contributed by atoms with Crippen molar-refractivity contribution in [2.24, 2.45) is 4.99 Å². The molecule has 0 atom stereocenters. The Bertz CT molecular complexity index is 1140. The molecule has 0 spiro atoms.